The lowest BCUT2D eigenvalue weighted by Gasteiger charge is -2.06. The minimum atomic E-state index is -1.05. The highest BCUT2D eigenvalue weighted by molar-refractivity contribution is 7.07. The smallest absolute Gasteiger partial charge is 0.349 e. The Morgan fingerprint density at radius 2 is 2.22 bits per heavy atom. The van der Waals surface area contributed by atoms with E-state index in [1.807, 2.05) is 0 Å². The van der Waals surface area contributed by atoms with Gasteiger partial charge < -0.3 is 14.6 Å². The van der Waals surface area contributed by atoms with Gasteiger partial charge in [0.1, 0.15) is 23.8 Å². The summed E-state index contributed by atoms with van der Waals surface area (Å²) < 4.78 is 14.1. The van der Waals surface area contributed by atoms with Crippen LogP contribution in [0, 0.1) is 0 Å². The number of aromatic nitrogens is 2. The van der Waals surface area contributed by atoms with Crippen LogP contribution in [0.25, 0.3) is 0 Å². The molecule has 0 fully saturated rings. The van der Waals surface area contributed by atoms with Crippen LogP contribution in [0.5, 0.6) is 11.5 Å². The Morgan fingerprint density at radius 1 is 1.44 bits per heavy atom. The maximum atomic E-state index is 10.8. The average molecular weight is 266 g/mol. The molecule has 94 valence electrons. The van der Waals surface area contributed by atoms with E-state index in [0.717, 1.165) is 11.5 Å². The fourth-order valence-electron chi connectivity index (χ4n) is 1.31. The number of carboxylic acids is 1. The molecule has 0 atom stereocenters. The van der Waals surface area contributed by atoms with Gasteiger partial charge in [-0.15, -0.1) is 5.10 Å². The van der Waals surface area contributed by atoms with E-state index in [4.69, 9.17) is 14.6 Å². The third-order valence-electron chi connectivity index (χ3n) is 2.17. The summed E-state index contributed by atoms with van der Waals surface area (Å²) in [5.74, 6) is 0.204. The van der Waals surface area contributed by atoms with Crippen molar-refractivity contribution >= 4 is 17.5 Å². The summed E-state index contributed by atoms with van der Waals surface area (Å²) in [4.78, 5) is 10.9. The number of hydrogen-bond acceptors (Lipinski definition) is 6. The molecule has 0 bridgehead atoms. The molecule has 0 saturated heterocycles. The predicted octanol–water partition coefficient (Wildman–Crippen LogP) is 1.82. The number of aromatic carboxylic acids is 1. The molecule has 0 amide bonds. The van der Waals surface area contributed by atoms with Crippen molar-refractivity contribution < 1.29 is 19.4 Å². The van der Waals surface area contributed by atoms with Crippen molar-refractivity contribution in [1.82, 2.24) is 9.59 Å². The van der Waals surface area contributed by atoms with Gasteiger partial charge in [0.05, 0.1) is 7.11 Å². The van der Waals surface area contributed by atoms with Crippen molar-refractivity contribution in [3.63, 3.8) is 0 Å². The first-order chi connectivity index (χ1) is 8.70. The molecule has 0 spiro atoms. The van der Waals surface area contributed by atoms with Gasteiger partial charge in [0.2, 0.25) is 0 Å². The van der Waals surface area contributed by atoms with E-state index >= 15 is 0 Å². The van der Waals surface area contributed by atoms with E-state index in [1.165, 1.54) is 0 Å². The molecule has 0 aliphatic rings. The molecule has 6 nitrogen and oxygen atoms in total. The summed E-state index contributed by atoms with van der Waals surface area (Å²) in [6, 6.07) is 7.04. The summed E-state index contributed by atoms with van der Waals surface area (Å²) in [5, 5.41) is 12.6. The summed E-state index contributed by atoms with van der Waals surface area (Å²) in [6.45, 7) is 0.0608. The number of ether oxygens (including phenoxy) is 2. The van der Waals surface area contributed by atoms with E-state index in [-0.39, 0.29) is 11.5 Å². The molecule has 7 heteroatoms. The van der Waals surface area contributed by atoms with E-state index in [2.05, 4.69) is 9.59 Å². The van der Waals surface area contributed by atoms with Crippen LogP contribution in [-0.4, -0.2) is 27.8 Å². The van der Waals surface area contributed by atoms with E-state index in [0.29, 0.717) is 17.2 Å². The van der Waals surface area contributed by atoms with Gasteiger partial charge in [0.15, 0.2) is 4.88 Å². The molecule has 2 aromatic rings. The Hall–Kier alpha value is -2.15. The minimum Gasteiger partial charge on any atom is -0.497 e. The quantitative estimate of drug-likeness (QED) is 0.889. The molecule has 1 aromatic heterocycles. The van der Waals surface area contributed by atoms with Crippen molar-refractivity contribution in [3.05, 3.63) is 34.8 Å². The Balaban J connectivity index is 2.06. The van der Waals surface area contributed by atoms with Crippen molar-refractivity contribution in [3.8, 4) is 11.5 Å². The number of methoxy groups -OCH3 is 1. The van der Waals surface area contributed by atoms with E-state index < -0.39 is 5.97 Å². The topological polar surface area (TPSA) is 81.5 Å². The van der Waals surface area contributed by atoms with Gasteiger partial charge in [-0.3, -0.25) is 0 Å². The second-order valence-corrected chi connectivity index (χ2v) is 4.08. The monoisotopic (exact) mass is 266 g/mol. The van der Waals surface area contributed by atoms with Crippen LogP contribution >= 0.6 is 11.5 Å². The summed E-state index contributed by atoms with van der Waals surface area (Å²) in [7, 11) is 1.56. The van der Waals surface area contributed by atoms with Gasteiger partial charge in [-0.05, 0) is 23.7 Å². The molecular formula is C11H10N2O4S. The molecule has 0 saturated carbocycles. The summed E-state index contributed by atoms with van der Waals surface area (Å²) >= 11 is 0.835. The van der Waals surface area contributed by atoms with E-state index in [9.17, 15) is 4.79 Å². The van der Waals surface area contributed by atoms with Gasteiger partial charge in [0.25, 0.3) is 0 Å². The van der Waals surface area contributed by atoms with Gasteiger partial charge in [-0.2, -0.15) is 0 Å². The zero-order valence-electron chi connectivity index (χ0n) is 9.49. The first-order valence-corrected chi connectivity index (χ1v) is 5.79. The number of nitrogens with zero attached hydrogens (tertiary/aromatic N) is 2. The first-order valence-electron chi connectivity index (χ1n) is 5.02. The fraction of sp³-hybridized carbons (Fsp3) is 0.182. The minimum absolute atomic E-state index is 0.0608. The lowest BCUT2D eigenvalue weighted by Crippen LogP contribution is -2.03. The number of benzene rings is 1. The number of carboxylic acid groups (broad SMARTS) is 1. The Labute approximate surface area is 107 Å². The lowest BCUT2D eigenvalue weighted by molar-refractivity contribution is 0.0699. The Kier molecular flexibility index (Phi) is 3.73. The maximum absolute atomic E-state index is 10.8. The highest BCUT2D eigenvalue weighted by atomic mass is 32.1. The number of hydrogen-bond donors (Lipinski definition) is 1. The number of carbonyl (C=O) groups is 1. The molecule has 0 radical (unpaired) electrons. The van der Waals surface area contributed by atoms with Gasteiger partial charge in [-0.25, -0.2) is 4.79 Å². The third kappa shape index (κ3) is 2.75. The Bertz CT molecular complexity index is 555. The highest BCUT2D eigenvalue weighted by Crippen LogP contribution is 2.20. The average Bonchev–Trinajstić information content (AvgIpc) is 2.85. The van der Waals surface area contributed by atoms with E-state index in [1.54, 1.807) is 31.4 Å². The second kappa shape index (κ2) is 5.46. The molecule has 1 N–H and O–H groups in total. The molecule has 2 rings (SSSR count). The van der Waals surface area contributed by atoms with Crippen LogP contribution in [0.1, 0.15) is 15.4 Å². The zero-order chi connectivity index (χ0) is 13.0. The van der Waals surface area contributed by atoms with Crippen LogP contribution in [-0.2, 0) is 6.61 Å². The molecular weight excluding hydrogens is 256 g/mol. The van der Waals surface area contributed by atoms with Crippen molar-refractivity contribution in [1.29, 1.82) is 0 Å². The third-order valence-corrected chi connectivity index (χ3v) is 2.92. The predicted molar refractivity (Wildman–Crippen MR) is 64.2 cm³/mol. The zero-order valence-corrected chi connectivity index (χ0v) is 10.3. The van der Waals surface area contributed by atoms with Crippen molar-refractivity contribution in [2.75, 3.05) is 7.11 Å². The van der Waals surface area contributed by atoms with Gasteiger partial charge >= 0.3 is 5.97 Å². The molecule has 1 heterocycles. The highest BCUT2D eigenvalue weighted by Gasteiger charge is 2.15. The molecule has 0 aliphatic heterocycles. The SMILES string of the molecule is COc1cccc(OCc2nnsc2C(=O)O)c1. The maximum Gasteiger partial charge on any atom is 0.349 e. The summed E-state index contributed by atoms with van der Waals surface area (Å²) in [6.07, 6.45) is 0. The fourth-order valence-corrected chi connectivity index (χ4v) is 1.81. The second-order valence-electron chi connectivity index (χ2n) is 3.32. The molecule has 0 aliphatic carbocycles. The normalized spacial score (nSPS) is 10.1. The summed E-state index contributed by atoms with van der Waals surface area (Å²) in [5.41, 5.74) is 0.315. The van der Waals surface area contributed by atoms with Crippen molar-refractivity contribution in [2.24, 2.45) is 0 Å². The lowest BCUT2D eigenvalue weighted by atomic mass is 10.3. The first kappa shape index (κ1) is 12.3. The van der Waals surface area contributed by atoms with Crippen molar-refractivity contribution in [2.45, 2.75) is 6.61 Å². The van der Waals surface area contributed by atoms with Crippen LogP contribution in [0.15, 0.2) is 24.3 Å². The van der Waals surface area contributed by atoms with Gasteiger partial charge in [0, 0.05) is 6.07 Å². The molecule has 1 aromatic carbocycles. The van der Waals surface area contributed by atoms with Crippen LogP contribution in [0.4, 0.5) is 0 Å². The standard InChI is InChI=1S/C11H10N2O4S/c1-16-7-3-2-4-8(5-7)17-6-9-10(11(14)15)18-13-12-9/h2-5H,6H2,1H3,(H,14,15). The van der Waals surface area contributed by atoms with Crippen LogP contribution < -0.4 is 9.47 Å². The van der Waals surface area contributed by atoms with Gasteiger partial charge in [-0.1, -0.05) is 10.6 Å². The van der Waals surface area contributed by atoms with Crippen LogP contribution in [0.3, 0.4) is 0 Å². The molecule has 18 heavy (non-hydrogen) atoms. The van der Waals surface area contributed by atoms with Crippen LogP contribution in [0.2, 0.25) is 0 Å². The largest absolute Gasteiger partial charge is 0.497 e. The molecule has 0 unspecified atom stereocenters. The Morgan fingerprint density at radius 3 is 2.94 bits per heavy atom. The number of rotatable bonds is 5.